The van der Waals surface area contributed by atoms with Crippen molar-refractivity contribution in [2.75, 3.05) is 0 Å². The van der Waals surface area contributed by atoms with E-state index in [-0.39, 0.29) is 11.9 Å². The van der Waals surface area contributed by atoms with Crippen molar-refractivity contribution in [1.82, 2.24) is 20.1 Å². The molecule has 0 fully saturated rings. The van der Waals surface area contributed by atoms with E-state index in [1.165, 1.54) is 11.3 Å². The first kappa shape index (κ1) is 13.7. The van der Waals surface area contributed by atoms with Gasteiger partial charge in [-0.15, -0.1) is 11.3 Å². The number of nitrogens with one attached hydrogen (secondary N) is 1. The number of carbonyl (C=O) groups excluding carboxylic acids is 1. The molecule has 102 valence electrons. The standard InChI is InChI=1S/C12H17N5OS/c1-3-9(12-14-4-5-19-12)16-11(18)10(13)8-6-15-17(2)7-8/h4-7,9-10H,3,13H2,1-2H3,(H,16,18). The Kier molecular flexibility index (Phi) is 4.28. The van der Waals surface area contributed by atoms with Gasteiger partial charge in [-0.1, -0.05) is 6.92 Å². The van der Waals surface area contributed by atoms with Gasteiger partial charge in [-0.2, -0.15) is 5.10 Å². The molecule has 0 radical (unpaired) electrons. The Morgan fingerprint density at radius 1 is 1.63 bits per heavy atom. The van der Waals surface area contributed by atoms with E-state index >= 15 is 0 Å². The third kappa shape index (κ3) is 3.18. The lowest BCUT2D eigenvalue weighted by molar-refractivity contribution is -0.123. The first-order valence-electron chi connectivity index (χ1n) is 6.05. The molecule has 2 aromatic rings. The molecular weight excluding hydrogens is 262 g/mol. The largest absolute Gasteiger partial charge is 0.345 e. The summed E-state index contributed by atoms with van der Waals surface area (Å²) in [6.07, 6.45) is 5.86. The Balaban J connectivity index is 2.03. The molecule has 19 heavy (non-hydrogen) atoms. The van der Waals surface area contributed by atoms with Crippen LogP contribution in [-0.2, 0) is 11.8 Å². The van der Waals surface area contributed by atoms with Crippen LogP contribution in [0.2, 0.25) is 0 Å². The number of hydrogen-bond acceptors (Lipinski definition) is 5. The van der Waals surface area contributed by atoms with Crippen molar-refractivity contribution in [2.45, 2.75) is 25.4 Å². The molecule has 0 bridgehead atoms. The lowest BCUT2D eigenvalue weighted by Crippen LogP contribution is -2.36. The predicted octanol–water partition coefficient (Wildman–Crippen LogP) is 1.14. The van der Waals surface area contributed by atoms with Gasteiger partial charge in [-0.3, -0.25) is 9.48 Å². The average molecular weight is 279 g/mol. The van der Waals surface area contributed by atoms with Crippen LogP contribution in [0.4, 0.5) is 0 Å². The summed E-state index contributed by atoms with van der Waals surface area (Å²) in [5, 5.41) is 9.73. The van der Waals surface area contributed by atoms with Gasteiger partial charge in [-0.05, 0) is 6.42 Å². The van der Waals surface area contributed by atoms with Gasteiger partial charge in [0.1, 0.15) is 11.0 Å². The molecule has 2 unspecified atom stereocenters. The van der Waals surface area contributed by atoms with Gasteiger partial charge in [0.15, 0.2) is 0 Å². The molecule has 0 aliphatic carbocycles. The highest BCUT2D eigenvalue weighted by atomic mass is 32.1. The molecule has 2 atom stereocenters. The summed E-state index contributed by atoms with van der Waals surface area (Å²) < 4.78 is 1.63. The highest BCUT2D eigenvalue weighted by Gasteiger charge is 2.21. The van der Waals surface area contributed by atoms with Gasteiger partial charge in [0.25, 0.3) is 0 Å². The fourth-order valence-corrected chi connectivity index (χ4v) is 2.53. The van der Waals surface area contributed by atoms with Crippen LogP contribution in [0.15, 0.2) is 24.0 Å². The van der Waals surface area contributed by atoms with Crippen molar-refractivity contribution in [3.8, 4) is 0 Å². The van der Waals surface area contributed by atoms with Crippen molar-refractivity contribution < 1.29 is 4.79 Å². The zero-order valence-electron chi connectivity index (χ0n) is 10.9. The number of thiazole rings is 1. The number of aryl methyl sites for hydroxylation is 1. The van der Waals surface area contributed by atoms with Gasteiger partial charge in [-0.25, -0.2) is 4.98 Å². The van der Waals surface area contributed by atoms with E-state index in [0.29, 0.717) is 5.56 Å². The summed E-state index contributed by atoms with van der Waals surface area (Å²) >= 11 is 1.53. The maximum Gasteiger partial charge on any atom is 0.242 e. The van der Waals surface area contributed by atoms with Gasteiger partial charge in [0.2, 0.25) is 5.91 Å². The number of nitrogens with two attached hydrogens (primary N) is 1. The minimum Gasteiger partial charge on any atom is -0.345 e. The fourth-order valence-electron chi connectivity index (χ4n) is 1.76. The molecule has 0 saturated heterocycles. The fraction of sp³-hybridized carbons (Fsp3) is 0.417. The van der Waals surface area contributed by atoms with Crippen LogP contribution in [0.3, 0.4) is 0 Å². The van der Waals surface area contributed by atoms with Crippen molar-refractivity contribution in [3.05, 3.63) is 34.5 Å². The van der Waals surface area contributed by atoms with Crippen molar-refractivity contribution in [2.24, 2.45) is 12.8 Å². The third-order valence-electron chi connectivity index (χ3n) is 2.84. The highest BCUT2D eigenvalue weighted by molar-refractivity contribution is 7.09. The second-order valence-corrected chi connectivity index (χ2v) is 5.19. The normalized spacial score (nSPS) is 14.1. The Hall–Kier alpha value is -1.73. The van der Waals surface area contributed by atoms with Crippen LogP contribution in [0.5, 0.6) is 0 Å². The molecule has 0 aliphatic rings. The Morgan fingerprint density at radius 3 is 2.95 bits per heavy atom. The van der Waals surface area contributed by atoms with Crippen LogP contribution in [0, 0.1) is 0 Å². The molecule has 2 heterocycles. The predicted molar refractivity (Wildman–Crippen MR) is 73.4 cm³/mol. The molecule has 0 aromatic carbocycles. The molecule has 6 nitrogen and oxygen atoms in total. The number of nitrogens with zero attached hydrogens (tertiary/aromatic N) is 3. The maximum absolute atomic E-state index is 12.1. The molecule has 7 heteroatoms. The van der Waals surface area contributed by atoms with E-state index < -0.39 is 6.04 Å². The summed E-state index contributed by atoms with van der Waals surface area (Å²) in [6.45, 7) is 2.00. The van der Waals surface area contributed by atoms with E-state index in [1.54, 1.807) is 30.3 Å². The zero-order valence-corrected chi connectivity index (χ0v) is 11.7. The monoisotopic (exact) mass is 279 g/mol. The minimum absolute atomic E-state index is 0.0878. The number of rotatable bonds is 5. The molecular formula is C12H17N5OS. The van der Waals surface area contributed by atoms with Gasteiger partial charge >= 0.3 is 0 Å². The number of hydrogen-bond donors (Lipinski definition) is 2. The SMILES string of the molecule is CCC(NC(=O)C(N)c1cnn(C)c1)c1nccs1. The smallest absolute Gasteiger partial charge is 0.242 e. The van der Waals surface area contributed by atoms with Crippen LogP contribution in [0.1, 0.15) is 36.0 Å². The number of carbonyl (C=O) groups is 1. The second-order valence-electron chi connectivity index (χ2n) is 4.26. The quantitative estimate of drug-likeness (QED) is 0.859. The summed E-state index contributed by atoms with van der Waals surface area (Å²) in [4.78, 5) is 16.3. The Labute approximate surface area is 115 Å². The molecule has 2 rings (SSSR count). The van der Waals surface area contributed by atoms with E-state index in [4.69, 9.17) is 5.73 Å². The van der Waals surface area contributed by atoms with E-state index in [9.17, 15) is 4.79 Å². The van der Waals surface area contributed by atoms with E-state index in [1.807, 2.05) is 12.3 Å². The van der Waals surface area contributed by atoms with Crippen LogP contribution < -0.4 is 11.1 Å². The average Bonchev–Trinajstić information content (AvgIpc) is 3.05. The third-order valence-corrected chi connectivity index (χ3v) is 3.73. The summed E-state index contributed by atoms with van der Waals surface area (Å²) in [5.41, 5.74) is 6.63. The summed E-state index contributed by atoms with van der Waals surface area (Å²) in [7, 11) is 1.79. The molecule has 0 aliphatic heterocycles. The van der Waals surface area contributed by atoms with E-state index in [0.717, 1.165) is 11.4 Å². The summed E-state index contributed by atoms with van der Waals surface area (Å²) in [5.74, 6) is -0.213. The molecule has 2 aromatic heterocycles. The van der Waals surface area contributed by atoms with Crippen molar-refractivity contribution >= 4 is 17.2 Å². The van der Waals surface area contributed by atoms with Crippen LogP contribution in [-0.4, -0.2) is 20.7 Å². The zero-order chi connectivity index (χ0) is 13.8. The lowest BCUT2D eigenvalue weighted by atomic mass is 10.1. The molecule has 0 saturated carbocycles. The Morgan fingerprint density at radius 2 is 2.42 bits per heavy atom. The van der Waals surface area contributed by atoms with Crippen molar-refractivity contribution in [1.29, 1.82) is 0 Å². The van der Waals surface area contributed by atoms with Gasteiger partial charge < -0.3 is 11.1 Å². The van der Waals surface area contributed by atoms with Crippen LogP contribution in [0.25, 0.3) is 0 Å². The molecule has 0 spiro atoms. The first-order valence-corrected chi connectivity index (χ1v) is 6.93. The molecule has 3 N–H and O–H groups in total. The highest BCUT2D eigenvalue weighted by Crippen LogP contribution is 2.20. The topological polar surface area (TPSA) is 85.8 Å². The van der Waals surface area contributed by atoms with E-state index in [2.05, 4.69) is 15.4 Å². The van der Waals surface area contributed by atoms with Gasteiger partial charge in [0, 0.05) is 30.4 Å². The summed E-state index contributed by atoms with van der Waals surface area (Å²) in [6, 6.07) is -0.794. The minimum atomic E-state index is -0.706. The Bertz CT molecular complexity index is 536. The second kappa shape index (κ2) is 5.94. The molecule has 1 amide bonds. The maximum atomic E-state index is 12.1. The first-order chi connectivity index (χ1) is 9.11. The van der Waals surface area contributed by atoms with Crippen LogP contribution >= 0.6 is 11.3 Å². The number of amides is 1. The lowest BCUT2D eigenvalue weighted by Gasteiger charge is -2.17. The van der Waals surface area contributed by atoms with Crippen molar-refractivity contribution in [3.63, 3.8) is 0 Å². The van der Waals surface area contributed by atoms with Gasteiger partial charge in [0.05, 0.1) is 12.2 Å². The number of aromatic nitrogens is 3.